The van der Waals surface area contributed by atoms with Crippen molar-refractivity contribution in [1.82, 2.24) is 0 Å². The third-order valence-electron chi connectivity index (χ3n) is 6.80. The Labute approximate surface area is 153 Å². The SMILES string of the molecule is O=C1c2ccccc2[C@H]2[C@@H]3C(=CC[C@@H]12)CCc1ccc2ccccc2c13. The molecule has 3 aromatic rings. The summed E-state index contributed by atoms with van der Waals surface area (Å²) in [7, 11) is 0. The van der Waals surface area contributed by atoms with Gasteiger partial charge in [0.15, 0.2) is 5.78 Å². The standard InChI is InChI=1S/C25H20O/c26-25-20-8-4-3-7-19(20)24-21(25)14-13-17-12-11-16-10-9-15-5-1-2-6-18(15)22(16)23(17)24/h1-10,13,21,23-24H,11-12,14H2/t21-,23-,24-/m1/s1. The minimum Gasteiger partial charge on any atom is -0.294 e. The molecule has 0 spiro atoms. The molecule has 0 amide bonds. The molecule has 0 saturated carbocycles. The highest BCUT2D eigenvalue weighted by Crippen LogP contribution is 2.57. The van der Waals surface area contributed by atoms with Crippen molar-refractivity contribution >= 4 is 16.6 Å². The van der Waals surface area contributed by atoms with E-state index in [9.17, 15) is 4.79 Å². The molecular formula is C25H20O. The second kappa shape index (κ2) is 5.17. The minimum atomic E-state index is 0.117. The molecule has 0 bridgehead atoms. The van der Waals surface area contributed by atoms with Gasteiger partial charge in [-0.2, -0.15) is 0 Å². The van der Waals surface area contributed by atoms with Crippen molar-refractivity contribution in [3.63, 3.8) is 0 Å². The average Bonchev–Trinajstić information content (AvgIpc) is 3.00. The molecular weight excluding hydrogens is 316 g/mol. The van der Waals surface area contributed by atoms with Crippen LogP contribution in [0.25, 0.3) is 10.8 Å². The zero-order valence-corrected chi connectivity index (χ0v) is 14.6. The number of ketones is 1. The van der Waals surface area contributed by atoms with E-state index < -0.39 is 0 Å². The van der Waals surface area contributed by atoms with Crippen LogP contribution in [-0.4, -0.2) is 5.78 Å². The summed E-state index contributed by atoms with van der Waals surface area (Å²) in [5.74, 6) is 1.14. The number of hydrogen-bond acceptors (Lipinski definition) is 1. The van der Waals surface area contributed by atoms with Crippen molar-refractivity contribution < 1.29 is 4.79 Å². The molecule has 26 heavy (non-hydrogen) atoms. The van der Waals surface area contributed by atoms with E-state index in [1.165, 1.54) is 27.5 Å². The lowest BCUT2D eigenvalue weighted by Crippen LogP contribution is -2.28. The number of hydrogen-bond donors (Lipinski definition) is 0. The Kier molecular flexibility index (Phi) is 2.88. The van der Waals surface area contributed by atoms with Gasteiger partial charge in [-0.15, -0.1) is 0 Å². The molecule has 0 unspecified atom stereocenters. The predicted octanol–water partition coefficient (Wildman–Crippen LogP) is 5.80. The Balaban J connectivity index is 1.65. The normalized spacial score (nSPS) is 25.9. The molecule has 0 saturated heterocycles. The first-order chi connectivity index (χ1) is 12.8. The van der Waals surface area contributed by atoms with Gasteiger partial charge in [-0.1, -0.05) is 72.3 Å². The predicted molar refractivity (Wildman–Crippen MR) is 105 cm³/mol. The van der Waals surface area contributed by atoms with Crippen molar-refractivity contribution in [2.75, 3.05) is 0 Å². The summed E-state index contributed by atoms with van der Waals surface area (Å²) in [5, 5.41) is 2.69. The Morgan fingerprint density at radius 2 is 1.69 bits per heavy atom. The fraction of sp³-hybridized carbons (Fsp3) is 0.240. The van der Waals surface area contributed by atoms with Crippen molar-refractivity contribution in [2.45, 2.75) is 31.1 Å². The number of rotatable bonds is 0. The Hall–Kier alpha value is -2.67. The summed E-state index contributed by atoms with van der Waals surface area (Å²) in [6.45, 7) is 0. The van der Waals surface area contributed by atoms with Crippen LogP contribution in [0, 0.1) is 5.92 Å². The first-order valence-electron chi connectivity index (χ1n) is 9.65. The van der Waals surface area contributed by atoms with Crippen LogP contribution in [0.1, 0.15) is 51.7 Å². The molecule has 0 aromatic heterocycles. The van der Waals surface area contributed by atoms with Crippen LogP contribution >= 0.6 is 0 Å². The molecule has 6 rings (SSSR count). The summed E-state index contributed by atoms with van der Waals surface area (Å²) in [6.07, 6.45) is 5.55. The molecule has 1 nitrogen and oxygen atoms in total. The smallest absolute Gasteiger partial charge is 0.167 e. The fourth-order valence-electron chi connectivity index (χ4n) is 5.72. The second-order valence-corrected chi connectivity index (χ2v) is 7.94. The highest BCUT2D eigenvalue weighted by atomic mass is 16.1. The van der Waals surface area contributed by atoms with Crippen LogP contribution in [0.4, 0.5) is 0 Å². The number of aryl methyl sites for hydroxylation is 1. The molecule has 0 N–H and O–H groups in total. The Morgan fingerprint density at radius 1 is 0.846 bits per heavy atom. The summed E-state index contributed by atoms with van der Waals surface area (Å²) >= 11 is 0. The maximum atomic E-state index is 13.1. The van der Waals surface area contributed by atoms with Gasteiger partial charge in [-0.3, -0.25) is 4.79 Å². The van der Waals surface area contributed by atoms with Crippen LogP contribution in [0.2, 0.25) is 0 Å². The summed E-state index contributed by atoms with van der Waals surface area (Å²) < 4.78 is 0. The third kappa shape index (κ3) is 1.78. The summed E-state index contributed by atoms with van der Waals surface area (Å²) in [5.41, 5.74) is 6.76. The monoisotopic (exact) mass is 336 g/mol. The molecule has 0 aliphatic heterocycles. The van der Waals surface area contributed by atoms with E-state index in [-0.39, 0.29) is 5.92 Å². The number of fused-ring (bicyclic) bond motifs is 9. The topological polar surface area (TPSA) is 17.1 Å². The van der Waals surface area contributed by atoms with E-state index in [2.05, 4.69) is 54.6 Å². The number of allylic oxidation sites excluding steroid dienone is 2. The van der Waals surface area contributed by atoms with Crippen LogP contribution in [0.5, 0.6) is 0 Å². The van der Waals surface area contributed by atoms with E-state index in [0.29, 0.717) is 17.6 Å². The lowest BCUT2D eigenvalue weighted by molar-refractivity contribution is 0.0915. The minimum absolute atomic E-state index is 0.117. The molecule has 3 aliphatic rings. The zero-order valence-electron chi connectivity index (χ0n) is 14.6. The average molecular weight is 336 g/mol. The second-order valence-electron chi connectivity index (χ2n) is 7.94. The van der Waals surface area contributed by atoms with Crippen LogP contribution in [0.15, 0.2) is 72.3 Å². The quantitative estimate of drug-likeness (QED) is 0.474. The maximum Gasteiger partial charge on any atom is 0.167 e. The van der Waals surface area contributed by atoms with Gasteiger partial charge < -0.3 is 0 Å². The van der Waals surface area contributed by atoms with E-state index in [1.807, 2.05) is 12.1 Å². The van der Waals surface area contributed by atoms with Gasteiger partial charge in [-0.05, 0) is 46.7 Å². The Morgan fingerprint density at radius 3 is 2.65 bits per heavy atom. The van der Waals surface area contributed by atoms with Gasteiger partial charge in [0.2, 0.25) is 0 Å². The lowest BCUT2D eigenvalue weighted by atomic mass is 9.63. The molecule has 3 aliphatic carbocycles. The third-order valence-corrected chi connectivity index (χ3v) is 6.80. The van der Waals surface area contributed by atoms with E-state index >= 15 is 0 Å². The van der Waals surface area contributed by atoms with Crippen molar-refractivity contribution in [3.05, 3.63) is 94.6 Å². The van der Waals surface area contributed by atoms with Crippen molar-refractivity contribution in [3.8, 4) is 0 Å². The number of Topliss-reactive ketones (excluding diaryl/α,β-unsaturated/α-hetero) is 1. The van der Waals surface area contributed by atoms with Crippen molar-refractivity contribution in [1.29, 1.82) is 0 Å². The van der Waals surface area contributed by atoms with Crippen molar-refractivity contribution in [2.24, 2.45) is 5.92 Å². The highest BCUT2D eigenvalue weighted by molar-refractivity contribution is 6.04. The molecule has 3 atom stereocenters. The molecule has 126 valence electrons. The van der Waals surface area contributed by atoms with E-state index in [1.54, 1.807) is 5.57 Å². The van der Waals surface area contributed by atoms with Gasteiger partial charge in [0.05, 0.1) is 0 Å². The zero-order chi connectivity index (χ0) is 17.3. The number of carbonyl (C=O) groups excluding carboxylic acids is 1. The summed E-state index contributed by atoms with van der Waals surface area (Å²) in [4.78, 5) is 13.1. The highest BCUT2D eigenvalue weighted by Gasteiger charge is 2.48. The fourth-order valence-corrected chi connectivity index (χ4v) is 5.72. The largest absolute Gasteiger partial charge is 0.294 e. The first kappa shape index (κ1) is 14.5. The first-order valence-corrected chi connectivity index (χ1v) is 9.65. The van der Waals surface area contributed by atoms with E-state index in [0.717, 1.165) is 24.8 Å². The van der Waals surface area contributed by atoms with Gasteiger partial charge >= 0.3 is 0 Å². The van der Waals surface area contributed by atoms with Gasteiger partial charge in [0, 0.05) is 23.3 Å². The molecule has 0 heterocycles. The lowest BCUT2D eigenvalue weighted by Gasteiger charge is -2.39. The van der Waals surface area contributed by atoms with Gasteiger partial charge in [-0.25, -0.2) is 0 Å². The van der Waals surface area contributed by atoms with Crippen LogP contribution in [0.3, 0.4) is 0 Å². The maximum absolute atomic E-state index is 13.1. The summed E-state index contributed by atoms with van der Waals surface area (Å²) in [6, 6.07) is 21.7. The Bertz CT molecular complexity index is 1100. The van der Waals surface area contributed by atoms with Gasteiger partial charge in [0.1, 0.15) is 0 Å². The molecule has 0 fully saturated rings. The van der Waals surface area contributed by atoms with Gasteiger partial charge in [0.25, 0.3) is 0 Å². The number of benzene rings is 3. The number of carbonyl (C=O) groups is 1. The molecule has 0 radical (unpaired) electrons. The van der Waals surface area contributed by atoms with Crippen LogP contribution in [-0.2, 0) is 6.42 Å². The molecule has 1 heteroatoms. The molecule has 3 aromatic carbocycles. The van der Waals surface area contributed by atoms with E-state index in [4.69, 9.17) is 0 Å². The van der Waals surface area contributed by atoms with Crippen LogP contribution < -0.4 is 0 Å².